The summed E-state index contributed by atoms with van der Waals surface area (Å²) < 4.78 is 0. The second-order valence-electron chi connectivity index (χ2n) is 8.79. The van der Waals surface area contributed by atoms with E-state index in [1.165, 1.54) is 70.6 Å². The first kappa shape index (κ1) is 19.8. The lowest BCUT2D eigenvalue weighted by Crippen LogP contribution is -2.30. The Hall–Kier alpha value is -0.560. The molecule has 0 amide bonds. The highest BCUT2D eigenvalue weighted by Gasteiger charge is 2.29. The van der Waals surface area contributed by atoms with Gasteiger partial charge in [-0.15, -0.1) is 0 Å². The molecule has 2 rings (SSSR count). The molecular formula is C23H41N. The molecule has 1 nitrogen and oxygen atoms in total. The molecule has 1 heteroatoms. The Morgan fingerprint density at radius 1 is 0.958 bits per heavy atom. The van der Waals surface area contributed by atoms with Gasteiger partial charge in [0.1, 0.15) is 0 Å². The number of nitrogens with two attached hydrogens (primary N) is 1. The molecule has 3 atom stereocenters. The predicted molar refractivity (Wildman–Crippen MR) is 107 cm³/mol. The van der Waals surface area contributed by atoms with Gasteiger partial charge in [0, 0.05) is 6.04 Å². The zero-order valence-corrected chi connectivity index (χ0v) is 16.3. The van der Waals surface area contributed by atoms with E-state index in [1.807, 2.05) is 6.08 Å². The molecule has 3 unspecified atom stereocenters. The zero-order valence-electron chi connectivity index (χ0n) is 16.3. The van der Waals surface area contributed by atoms with Crippen LogP contribution >= 0.6 is 0 Å². The van der Waals surface area contributed by atoms with Crippen molar-refractivity contribution in [2.75, 3.05) is 0 Å². The van der Waals surface area contributed by atoms with E-state index in [0.29, 0.717) is 11.8 Å². The quantitative estimate of drug-likeness (QED) is 0.505. The molecule has 0 heterocycles. The minimum Gasteiger partial charge on any atom is -0.327 e. The maximum Gasteiger partial charge on any atom is 0.00760 e. The van der Waals surface area contributed by atoms with Gasteiger partial charge in [-0.3, -0.25) is 0 Å². The van der Waals surface area contributed by atoms with Crippen molar-refractivity contribution < 1.29 is 0 Å². The van der Waals surface area contributed by atoms with Gasteiger partial charge in [0.2, 0.25) is 0 Å². The Balaban J connectivity index is 1.71. The predicted octanol–water partition coefficient (Wildman–Crippen LogP) is 6.50. The molecule has 0 aromatic carbocycles. The average Bonchev–Trinajstić information content (AvgIpc) is 2.61. The van der Waals surface area contributed by atoms with Gasteiger partial charge in [0.05, 0.1) is 0 Å². The van der Waals surface area contributed by atoms with Crippen LogP contribution in [0.1, 0.15) is 84.5 Å². The fourth-order valence-electron chi connectivity index (χ4n) is 5.33. The molecule has 2 saturated carbocycles. The second kappa shape index (κ2) is 10.4. The molecule has 0 saturated heterocycles. The Morgan fingerprint density at radius 2 is 1.58 bits per heavy atom. The molecular weight excluding hydrogens is 290 g/mol. The Kier molecular flexibility index (Phi) is 8.59. The summed E-state index contributed by atoms with van der Waals surface area (Å²) in [6.45, 7) is 8.32. The first-order valence-electron chi connectivity index (χ1n) is 10.7. The molecule has 0 aromatic rings. The van der Waals surface area contributed by atoms with Crippen LogP contribution in [-0.4, -0.2) is 6.04 Å². The van der Waals surface area contributed by atoms with Crippen LogP contribution < -0.4 is 5.73 Å². The van der Waals surface area contributed by atoms with Gasteiger partial charge in [0.25, 0.3) is 0 Å². The van der Waals surface area contributed by atoms with Gasteiger partial charge in [0.15, 0.2) is 0 Å². The highest BCUT2D eigenvalue weighted by atomic mass is 14.6. The van der Waals surface area contributed by atoms with E-state index in [9.17, 15) is 0 Å². The monoisotopic (exact) mass is 331 g/mol. The number of rotatable bonds is 8. The Labute approximate surface area is 151 Å². The molecule has 0 radical (unpaired) electrons. The summed E-state index contributed by atoms with van der Waals surface area (Å²) in [4.78, 5) is 0. The van der Waals surface area contributed by atoms with Gasteiger partial charge in [-0.2, -0.15) is 0 Å². The summed E-state index contributed by atoms with van der Waals surface area (Å²) in [6.07, 6.45) is 22.5. The summed E-state index contributed by atoms with van der Waals surface area (Å²) in [5.41, 5.74) is 6.20. The van der Waals surface area contributed by atoms with E-state index in [4.69, 9.17) is 5.73 Å². The van der Waals surface area contributed by atoms with Gasteiger partial charge >= 0.3 is 0 Å². The van der Waals surface area contributed by atoms with Crippen molar-refractivity contribution in [2.45, 2.75) is 90.5 Å². The van der Waals surface area contributed by atoms with E-state index < -0.39 is 0 Å². The lowest BCUT2D eigenvalue weighted by molar-refractivity contribution is 0.158. The summed E-state index contributed by atoms with van der Waals surface area (Å²) in [6, 6.07) is 0.234. The maximum absolute atomic E-state index is 6.20. The highest BCUT2D eigenvalue weighted by Crippen LogP contribution is 2.41. The minimum atomic E-state index is 0.234. The molecule has 0 spiro atoms. The first-order valence-corrected chi connectivity index (χ1v) is 10.7. The van der Waals surface area contributed by atoms with Crippen molar-refractivity contribution in [1.29, 1.82) is 0 Å². The summed E-state index contributed by atoms with van der Waals surface area (Å²) in [5, 5.41) is 0. The average molecular weight is 332 g/mol. The molecule has 24 heavy (non-hydrogen) atoms. The van der Waals surface area contributed by atoms with Crippen LogP contribution in [0, 0.1) is 29.6 Å². The lowest BCUT2D eigenvalue weighted by Gasteiger charge is -2.36. The van der Waals surface area contributed by atoms with Gasteiger partial charge in [-0.1, -0.05) is 83.1 Å². The van der Waals surface area contributed by atoms with Gasteiger partial charge in [-0.05, 0) is 55.8 Å². The SMILES string of the molecule is C=CC=CC(C(C)N)C(C)CCC1CCC(C2CCCCC2)CC1. The third-order valence-electron chi connectivity index (χ3n) is 6.97. The topological polar surface area (TPSA) is 26.0 Å². The van der Waals surface area contributed by atoms with Crippen molar-refractivity contribution in [3.63, 3.8) is 0 Å². The van der Waals surface area contributed by atoms with Gasteiger partial charge < -0.3 is 5.73 Å². The van der Waals surface area contributed by atoms with Crippen molar-refractivity contribution in [2.24, 2.45) is 35.3 Å². The Morgan fingerprint density at radius 3 is 2.17 bits per heavy atom. The fraction of sp³-hybridized carbons (Fsp3) is 0.826. The van der Waals surface area contributed by atoms with Crippen LogP contribution in [0.4, 0.5) is 0 Å². The van der Waals surface area contributed by atoms with Crippen molar-refractivity contribution in [1.82, 2.24) is 0 Å². The number of hydrogen-bond acceptors (Lipinski definition) is 1. The van der Waals surface area contributed by atoms with Crippen LogP contribution in [0.3, 0.4) is 0 Å². The van der Waals surface area contributed by atoms with Crippen LogP contribution in [0.25, 0.3) is 0 Å². The molecule has 2 aliphatic carbocycles. The van der Waals surface area contributed by atoms with E-state index in [0.717, 1.165) is 17.8 Å². The van der Waals surface area contributed by atoms with Gasteiger partial charge in [-0.25, -0.2) is 0 Å². The summed E-state index contributed by atoms with van der Waals surface area (Å²) in [7, 11) is 0. The molecule has 2 aliphatic rings. The molecule has 2 N–H and O–H groups in total. The van der Waals surface area contributed by atoms with Crippen LogP contribution in [0.15, 0.2) is 24.8 Å². The standard InChI is InChI=1S/C23H41N/c1-4-5-11-23(19(3)24)18(2)12-13-20-14-16-22(17-15-20)21-9-7-6-8-10-21/h4-5,11,18-23H,1,6-10,12-17,24H2,2-3H3. The molecule has 2 fully saturated rings. The third-order valence-corrected chi connectivity index (χ3v) is 6.97. The van der Waals surface area contributed by atoms with Crippen molar-refractivity contribution in [3.8, 4) is 0 Å². The highest BCUT2D eigenvalue weighted by molar-refractivity contribution is 5.03. The molecule has 0 aromatic heterocycles. The molecule has 0 bridgehead atoms. The normalized spacial score (nSPS) is 30.1. The summed E-state index contributed by atoms with van der Waals surface area (Å²) >= 11 is 0. The zero-order chi connectivity index (χ0) is 17.4. The van der Waals surface area contributed by atoms with E-state index in [2.05, 4.69) is 32.6 Å². The van der Waals surface area contributed by atoms with Crippen molar-refractivity contribution >= 4 is 0 Å². The largest absolute Gasteiger partial charge is 0.327 e. The van der Waals surface area contributed by atoms with E-state index >= 15 is 0 Å². The first-order chi connectivity index (χ1) is 11.6. The summed E-state index contributed by atoms with van der Waals surface area (Å²) in [5.74, 6) is 4.28. The van der Waals surface area contributed by atoms with E-state index in [-0.39, 0.29) is 6.04 Å². The number of allylic oxidation sites excluding steroid dienone is 2. The molecule has 0 aliphatic heterocycles. The van der Waals surface area contributed by atoms with Crippen LogP contribution in [0.5, 0.6) is 0 Å². The second-order valence-corrected chi connectivity index (χ2v) is 8.79. The fourth-order valence-corrected chi connectivity index (χ4v) is 5.33. The maximum atomic E-state index is 6.20. The van der Waals surface area contributed by atoms with Crippen LogP contribution in [0.2, 0.25) is 0 Å². The number of hydrogen-bond donors (Lipinski definition) is 1. The lowest BCUT2D eigenvalue weighted by atomic mass is 9.70. The Bertz CT molecular complexity index is 369. The van der Waals surface area contributed by atoms with Crippen LogP contribution in [-0.2, 0) is 0 Å². The van der Waals surface area contributed by atoms with Crippen molar-refractivity contribution in [3.05, 3.63) is 24.8 Å². The van der Waals surface area contributed by atoms with E-state index in [1.54, 1.807) is 0 Å². The smallest absolute Gasteiger partial charge is 0.00760 e. The minimum absolute atomic E-state index is 0.234. The third kappa shape index (κ3) is 6.06. The molecule has 138 valence electrons.